The number of nitrogens with zero attached hydrogens (tertiary/aromatic N) is 8. The number of halogens is 2. The number of alkyl halides is 2. The first-order chi connectivity index (χ1) is 17.4. The third-order valence-corrected chi connectivity index (χ3v) is 6.78. The molecule has 0 N–H and O–H groups in total. The fourth-order valence-corrected chi connectivity index (χ4v) is 4.85. The minimum Gasteiger partial charge on any atom is -0.482 e. The van der Waals surface area contributed by atoms with Gasteiger partial charge in [0.15, 0.2) is 6.19 Å². The number of pyridine rings is 1. The van der Waals surface area contributed by atoms with Crippen molar-refractivity contribution in [3.8, 4) is 23.2 Å². The standard InChI is InChI=1S/C25H26F2N8O/c1-15-10-19(7-9-33(15)13-28)35-16(2)23(31-32-35)18-11-21-24(34(14-30-21)25(26)27)22(12-18)36-17(3)20-6-4-5-8-29-20/h4-6,8,11-12,14-15,17,19,25H,7,9-10H2,1-3H3. The number of hydrogen-bond donors (Lipinski definition) is 0. The average molecular weight is 493 g/mol. The van der Waals surface area contributed by atoms with Crippen LogP contribution in [0.15, 0.2) is 42.9 Å². The van der Waals surface area contributed by atoms with Gasteiger partial charge in [0.05, 0.1) is 22.9 Å². The highest BCUT2D eigenvalue weighted by molar-refractivity contribution is 5.87. The number of likely N-dealkylation sites (tertiary alicyclic amines) is 1. The van der Waals surface area contributed by atoms with Gasteiger partial charge in [-0.15, -0.1) is 5.10 Å². The molecule has 1 aromatic carbocycles. The van der Waals surface area contributed by atoms with Crippen molar-refractivity contribution in [1.29, 1.82) is 5.26 Å². The second kappa shape index (κ2) is 9.53. The van der Waals surface area contributed by atoms with E-state index >= 15 is 0 Å². The Morgan fingerprint density at radius 1 is 1.22 bits per heavy atom. The van der Waals surface area contributed by atoms with Gasteiger partial charge in [-0.25, -0.2) is 9.67 Å². The van der Waals surface area contributed by atoms with E-state index in [9.17, 15) is 14.0 Å². The Morgan fingerprint density at radius 2 is 2.06 bits per heavy atom. The molecule has 3 aromatic heterocycles. The molecule has 0 spiro atoms. The van der Waals surface area contributed by atoms with Gasteiger partial charge >= 0.3 is 6.55 Å². The molecule has 0 aliphatic carbocycles. The summed E-state index contributed by atoms with van der Waals surface area (Å²) in [4.78, 5) is 10.3. The van der Waals surface area contributed by atoms with Gasteiger partial charge in [0.2, 0.25) is 0 Å². The van der Waals surface area contributed by atoms with E-state index in [2.05, 4.69) is 26.5 Å². The lowest BCUT2D eigenvalue weighted by Crippen LogP contribution is -2.38. The zero-order valence-electron chi connectivity index (χ0n) is 20.2. The topological polar surface area (TPSA) is 97.7 Å². The van der Waals surface area contributed by atoms with E-state index in [1.54, 1.807) is 29.3 Å². The quantitative estimate of drug-likeness (QED) is 0.348. The number of hydrogen-bond acceptors (Lipinski definition) is 7. The lowest BCUT2D eigenvalue weighted by atomic mass is 9.98. The largest absolute Gasteiger partial charge is 0.482 e. The SMILES string of the molecule is Cc1c(-c2cc(OC(C)c3ccccn3)c3c(c2)ncn3C(F)F)nnn1C1CCN(C#N)C(C)C1. The van der Waals surface area contributed by atoms with Crippen LogP contribution in [0.5, 0.6) is 5.75 Å². The van der Waals surface area contributed by atoms with Crippen LogP contribution in [0.4, 0.5) is 8.78 Å². The highest BCUT2D eigenvalue weighted by Gasteiger charge is 2.29. The van der Waals surface area contributed by atoms with Crippen molar-refractivity contribution < 1.29 is 13.5 Å². The minimum absolute atomic E-state index is 0.114. The summed E-state index contributed by atoms with van der Waals surface area (Å²) in [6, 6.07) is 9.15. The summed E-state index contributed by atoms with van der Waals surface area (Å²) >= 11 is 0. The molecule has 11 heteroatoms. The molecule has 186 valence electrons. The van der Waals surface area contributed by atoms with Gasteiger partial charge in [-0.1, -0.05) is 11.3 Å². The summed E-state index contributed by atoms with van der Waals surface area (Å²) in [7, 11) is 0. The lowest BCUT2D eigenvalue weighted by molar-refractivity contribution is 0.0737. The number of rotatable bonds is 6. The van der Waals surface area contributed by atoms with Crippen LogP contribution >= 0.6 is 0 Å². The first kappa shape index (κ1) is 23.7. The van der Waals surface area contributed by atoms with E-state index in [0.717, 1.165) is 29.4 Å². The van der Waals surface area contributed by atoms with E-state index in [1.165, 1.54) is 0 Å². The third-order valence-electron chi connectivity index (χ3n) is 6.78. The second-order valence-electron chi connectivity index (χ2n) is 9.07. The van der Waals surface area contributed by atoms with Crippen LogP contribution in [0.3, 0.4) is 0 Å². The van der Waals surface area contributed by atoms with Gasteiger partial charge < -0.3 is 9.64 Å². The molecule has 4 aromatic rings. The summed E-state index contributed by atoms with van der Waals surface area (Å²) in [5.41, 5.74) is 3.43. The van der Waals surface area contributed by atoms with E-state index < -0.39 is 12.7 Å². The molecule has 3 atom stereocenters. The molecule has 9 nitrogen and oxygen atoms in total. The summed E-state index contributed by atoms with van der Waals surface area (Å²) in [5, 5.41) is 18.1. The van der Waals surface area contributed by atoms with Gasteiger partial charge in [-0.2, -0.15) is 14.0 Å². The van der Waals surface area contributed by atoms with Crippen LogP contribution in [0, 0.1) is 18.4 Å². The van der Waals surface area contributed by atoms with Gasteiger partial charge in [-0.05, 0) is 57.9 Å². The smallest absolute Gasteiger partial charge is 0.320 e. The van der Waals surface area contributed by atoms with Gasteiger partial charge in [0, 0.05) is 24.3 Å². The maximum atomic E-state index is 13.8. The first-order valence-electron chi connectivity index (χ1n) is 11.8. The van der Waals surface area contributed by atoms with Crippen molar-refractivity contribution in [2.75, 3.05) is 6.54 Å². The number of imidazole rings is 1. The fourth-order valence-electron chi connectivity index (χ4n) is 4.85. The summed E-state index contributed by atoms with van der Waals surface area (Å²) in [6.45, 7) is 3.69. The molecule has 3 unspecified atom stereocenters. The molecule has 36 heavy (non-hydrogen) atoms. The van der Waals surface area contributed by atoms with Crippen LogP contribution in [0.25, 0.3) is 22.3 Å². The normalized spacial score (nSPS) is 19.0. The Bertz CT molecular complexity index is 1410. The van der Waals surface area contributed by atoms with Crippen LogP contribution in [-0.4, -0.2) is 47.0 Å². The molecule has 0 amide bonds. The molecule has 0 bridgehead atoms. The van der Waals surface area contributed by atoms with E-state index in [1.807, 2.05) is 37.6 Å². The number of aromatic nitrogens is 6. The molecule has 4 heterocycles. The Hall–Kier alpha value is -4.07. The zero-order valence-corrected chi connectivity index (χ0v) is 20.2. The highest BCUT2D eigenvalue weighted by Crippen LogP contribution is 2.37. The Labute approximate surface area is 206 Å². The predicted octanol–water partition coefficient (Wildman–Crippen LogP) is 5.04. The highest BCUT2D eigenvalue weighted by atomic mass is 19.3. The summed E-state index contributed by atoms with van der Waals surface area (Å²) in [6.07, 6.45) is 6.11. The van der Waals surface area contributed by atoms with Crippen molar-refractivity contribution in [2.45, 2.75) is 58.3 Å². The summed E-state index contributed by atoms with van der Waals surface area (Å²) in [5.74, 6) is 0.267. The Morgan fingerprint density at radius 3 is 2.75 bits per heavy atom. The van der Waals surface area contributed by atoms with Crippen molar-refractivity contribution >= 4 is 11.0 Å². The maximum Gasteiger partial charge on any atom is 0.320 e. The van der Waals surface area contributed by atoms with E-state index in [4.69, 9.17) is 4.74 Å². The molecule has 1 aliphatic rings. The van der Waals surface area contributed by atoms with Gasteiger partial charge in [-0.3, -0.25) is 9.55 Å². The number of ether oxygens (including phenoxy) is 1. The number of nitriles is 1. The Balaban J connectivity index is 1.53. The Kier molecular flexibility index (Phi) is 6.26. The van der Waals surface area contributed by atoms with Crippen LogP contribution < -0.4 is 4.74 Å². The van der Waals surface area contributed by atoms with Crippen LogP contribution in [0.1, 0.15) is 56.8 Å². The molecular formula is C25H26F2N8O. The molecule has 0 radical (unpaired) electrons. The van der Waals surface area contributed by atoms with Crippen LogP contribution in [0.2, 0.25) is 0 Å². The molecule has 5 rings (SSSR count). The van der Waals surface area contributed by atoms with Crippen molar-refractivity contribution in [3.05, 3.63) is 54.2 Å². The summed E-state index contributed by atoms with van der Waals surface area (Å²) < 4.78 is 36.4. The van der Waals surface area contributed by atoms with E-state index in [0.29, 0.717) is 29.0 Å². The predicted molar refractivity (Wildman–Crippen MR) is 128 cm³/mol. The number of piperidine rings is 1. The number of benzene rings is 1. The second-order valence-corrected chi connectivity index (χ2v) is 9.07. The van der Waals surface area contributed by atoms with Gasteiger partial charge in [0.1, 0.15) is 29.4 Å². The molecule has 1 saturated heterocycles. The lowest BCUT2D eigenvalue weighted by Gasteiger charge is -2.34. The maximum absolute atomic E-state index is 13.8. The molecular weight excluding hydrogens is 466 g/mol. The monoisotopic (exact) mass is 492 g/mol. The van der Waals surface area contributed by atoms with Crippen molar-refractivity contribution in [3.63, 3.8) is 0 Å². The average Bonchev–Trinajstić information content (AvgIpc) is 3.48. The molecule has 1 aliphatic heterocycles. The van der Waals surface area contributed by atoms with E-state index in [-0.39, 0.29) is 23.3 Å². The van der Waals surface area contributed by atoms with Crippen molar-refractivity contribution in [2.24, 2.45) is 0 Å². The third kappa shape index (κ3) is 4.23. The zero-order chi connectivity index (χ0) is 25.4. The number of fused-ring (bicyclic) bond motifs is 1. The first-order valence-corrected chi connectivity index (χ1v) is 11.8. The van der Waals surface area contributed by atoms with Gasteiger partial charge in [0.25, 0.3) is 0 Å². The molecule has 1 fully saturated rings. The fraction of sp³-hybridized carbons (Fsp3) is 0.400. The minimum atomic E-state index is -2.77. The van der Waals surface area contributed by atoms with Crippen molar-refractivity contribution in [1.82, 2.24) is 34.4 Å². The molecule has 0 saturated carbocycles. The van der Waals surface area contributed by atoms with Crippen LogP contribution in [-0.2, 0) is 0 Å².